The average molecular weight is 299 g/mol. The van der Waals surface area contributed by atoms with Gasteiger partial charge in [-0.3, -0.25) is 0 Å². The van der Waals surface area contributed by atoms with Crippen molar-refractivity contribution in [3.05, 3.63) is 24.0 Å². The molecule has 0 saturated carbocycles. The van der Waals surface area contributed by atoms with Gasteiger partial charge < -0.3 is 9.88 Å². The highest BCUT2D eigenvalue weighted by Gasteiger charge is 2.31. The molecule has 5 nitrogen and oxygen atoms in total. The fourth-order valence-corrected chi connectivity index (χ4v) is 3.80. The third-order valence-electron chi connectivity index (χ3n) is 4.29. The molecule has 0 bridgehead atoms. The maximum atomic E-state index is 11.6. The van der Waals surface area contributed by atoms with Crippen LogP contribution >= 0.6 is 0 Å². The molecule has 1 aliphatic heterocycles. The largest absolute Gasteiger partial charge is 0.353 e. The van der Waals surface area contributed by atoms with Crippen molar-refractivity contribution in [2.45, 2.75) is 32.4 Å². The summed E-state index contributed by atoms with van der Waals surface area (Å²) in [6.45, 7) is 4.23. The lowest BCUT2D eigenvalue weighted by Crippen LogP contribution is -2.50. The summed E-state index contributed by atoms with van der Waals surface area (Å²) < 4.78 is 27.0. The van der Waals surface area contributed by atoms with E-state index in [4.69, 9.17) is 0 Å². The molecule has 0 aromatic carbocycles. The van der Waals surface area contributed by atoms with E-state index in [1.807, 2.05) is 19.3 Å². The predicted molar refractivity (Wildman–Crippen MR) is 80.9 cm³/mol. The molecule has 114 valence electrons. The van der Waals surface area contributed by atoms with Crippen LogP contribution in [0.15, 0.2) is 18.3 Å². The third-order valence-corrected chi connectivity index (χ3v) is 5.56. The van der Waals surface area contributed by atoms with Crippen LogP contribution in [0.3, 0.4) is 0 Å². The summed E-state index contributed by atoms with van der Waals surface area (Å²) in [6, 6.07) is 4.55. The smallest absolute Gasteiger partial charge is 0.211 e. The molecule has 1 fully saturated rings. The van der Waals surface area contributed by atoms with Gasteiger partial charge in [0.2, 0.25) is 10.0 Å². The lowest BCUT2D eigenvalue weighted by molar-refractivity contribution is 0.201. The number of rotatable bonds is 5. The van der Waals surface area contributed by atoms with Gasteiger partial charge in [0.25, 0.3) is 0 Å². The van der Waals surface area contributed by atoms with Crippen molar-refractivity contribution in [2.75, 3.05) is 19.3 Å². The van der Waals surface area contributed by atoms with Crippen molar-refractivity contribution < 1.29 is 8.42 Å². The Labute approximate surface area is 122 Å². The Balaban J connectivity index is 1.94. The SMILES string of the molecule is CC[C@@H]1CN(S(C)(=O)=O)CC[C@@H]1NCc1cccn1C. The predicted octanol–water partition coefficient (Wildman–Crippen LogP) is 1.17. The zero-order chi connectivity index (χ0) is 14.8. The second-order valence-corrected chi connectivity index (χ2v) is 7.66. The Morgan fingerprint density at radius 1 is 1.45 bits per heavy atom. The number of aromatic nitrogens is 1. The van der Waals surface area contributed by atoms with Crippen LogP contribution in [0.25, 0.3) is 0 Å². The number of piperidine rings is 1. The molecule has 0 amide bonds. The topological polar surface area (TPSA) is 54.3 Å². The molecule has 0 unspecified atom stereocenters. The van der Waals surface area contributed by atoms with Gasteiger partial charge in [0.05, 0.1) is 6.26 Å². The van der Waals surface area contributed by atoms with Gasteiger partial charge in [-0.1, -0.05) is 13.3 Å². The Kier molecular flexibility index (Phi) is 4.88. The van der Waals surface area contributed by atoms with E-state index in [0.717, 1.165) is 19.4 Å². The van der Waals surface area contributed by atoms with E-state index < -0.39 is 10.0 Å². The Morgan fingerprint density at radius 3 is 2.75 bits per heavy atom. The van der Waals surface area contributed by atoms with Gasteiger partial charge in [-0.15, -0.1) is 0 Å². The van der Waals surface area contributed by atoms with Crippen LogP contribution < -0.4 is 5.32 Å². The first-order valence-corrected chi connectivity index (χ1v) is 9.05. The van der Waals surface area contributed by atoms with E-state index in [0.29, 0.717) is 25.0 Å². The van der Waals surface area contributed by atoms with E-state index in [2.05, 4.69) is 22.9 Å². The van der Waals surface area contributed by atoms with Gasteiger partial charge in [0.1, 0.15) is 0 Å². The van der Waals surface area contributed by atoms with Crippen LogP contribution in [0.4, 0.5) is 0 Å². The highest BCUT2D eigenvalue weighted by Crippen LogP contribution is 2.22. The molecular formula is C14H25N3O2S. The quantitative estimate of drug-likeness (QED) is 0.888. The molecule has 1 aromatic rings. The van der Waals surface area contributed by atoms with Gasteiger partial charge in [-0.05, 0) is 24.5 Å². The first-order valence-electron chi connectivity index (χ1n) is 7.20. The van der Waals surface area contributed by atoms with E-state index >= 15 is 0 Å². The second-order valence-electron chi connectivity index (χ2n) is 5.68. The molecule has 0 aliphatic carbocycles. The summed E-state index contributed by atoms with van der Waals surface area (Å²) in [5.74, 6) is 0.388. The fraction of sp³-hybridized carbons (Fsp3) is 0.714. The number of hydrogen-bond donors (Lipinski definition) is 1. The number of aryl methyl sites for hydroxylation is 1. The highest BCUT2D eigenvalue weighted by atomic mass is 32.2. The van der Waals surface area contributed by atoms with Crippen molar-refractivity contribution in [1.82, 2.24) is 14.2 Å². The van der Waals surface area contributed by atoms with Gasteiger partial charge in [-0.25, -0.2) is 12.7 Å². The molecule has 0 radical (unpaired) electrons. The molecule has 2 rings (SSSR count). The van der Waals surface area contributed by atoms with Crippen molar-refractivity contribution in [3.63, 3.8) is 0 Å². The van der Waals surface area contributed by atoms with Crippen LogP contribution in [-0.2, 0) is 23.6 Å². The summed E-state index contributed by atoms with van der Waals surface area (Å²) in [7, 11) is -1.01. The van der Waals surface area contributed by atoms with Crippen LogP contribution in [0.2, 0.25) is 0 Å². The fourth-order valence-electron chi connectivity index (χ4n) is 2.90. The van der Waals surface area contributed by atoms with Gasteiger partial charge in [-0.2, -0.15) is 0 Å². The number of nitrogens with one attached hydrogen (secondary N) is 1. The summed E-state index contributed by atoms with van der Waals surface area (Å²) in [6.07, 6.45) is 5.23. The zero-order valence-electron chi connectivity index (χ0n) is 12.5. The average Bonchev–Trinajstić information content (AvgIpc) is 2.80. The number of sulfonamides is 1. The van der Waals surface area contributed by atoms with E-state index in [-0.39, 0.29) is 0 Å². The van der Waals surface area contributed by atoms with Crippen molar-refractivity contribution >= 4 is 10.0 Å². The van der Waals surface area contributed by atoms with Gasteiger partial charge in [0, 0.05) is 44.6 Å². The minimum atomic E-state index is -3.06. The molecule has 2 heterocycles. The number of nitrogens with zero attached hydrogens (tertiary/aromatic N) is 2. The maximum absolute atomic E-state index is 11.6. The summed E-state index contributed by atoms with van der Waals surface area (Å²) in [5.41, 5.74) is 1.25. The summed E-state index contributed by atoms with van der Waals surface area (Å²) >= 11 is 0. The monoisotopic (exact) mass is 299 g/mol. The third kappa shape index (κ3) is 3.62. The standard InChI is InChI=1S/C14H25N3O2S/c1-4-12-11-17(20(3,18)19)9-7-14(12)15-10-13-6-5-8-16(13)2/h5-6,8,12,14-15H,4,7,9-11H2,1-3H3/t12-,14+/m1/s1. The number of hydrogen-bond acceptors (Lipinski definition) is 3. The zero-order valence-corrected chi connectivity index (χ0v) is 13.4. The molecule has 0 spiro atoms. The van der Waals surface area contributed by atoms with E-state index in [9.17, 15) is 8.42 Å². The van der Waals surface area contributed by atoms with Crippen LogP contribution in [0.1, 0.15) is 25.5 Å². The molecular weight excluding hydrogens is 274 g/mol. The lowest BCUT2D eigenvalue weighted by Gasteiger charge is -2.37. The highest BCUT2D eigenvalue weighted by molar-refractivity contribution is 7.88. The van der Waals surface area contributed by atoms with E-state index in [1.54, 1.807) is 4.31 Å². The van der Waals surface area contributed by atoms with Gasteiger partial charge in [0.15, 0.2) is 0 Å². The Hall–Kier alpha value is -0.850. The molecule has 1 aliphatic rings. The first-order chi connectivity index (χ1) is 9.41. The molecule has 20 heavy (non-hydrogen) atoms. The maximum Gasteiger partial charge on any atom is 0.211 e. The van der Waals surface area contributed by atoms with E-state index in [1.165, 1.54) is 11.9 Å². The summed E-state index contributed by atoms with van der Waals surface area (Å²) in [5, 5.41) is 3.60. The molecule has 6 heteroatoms. The molecule has 2 atom stereocenters. The normalized spacial score (nSPS) is 24.9. The molecule has 1 saturated heterocycles. The minimum absolute atomic E-state index is 0.388. The van der Waals surface area contributed by atoms with Crippen molar-refractivity contribution in [2.24, 2.45) is 13.0 Å². The Morgan fingerprint density at radius 2 is 2.20 bits per heavy atom. The van der Waals surface area contributed by atoms with Crippen LogP contribution in [-0.4, -0.2) is 42.7 Å². The Bertz CT molecular complexity index is 538. The molecule has 1 aromatic heterocycles. The van der Waals surface area contributed by atoms with Crippen molar-refractivity contribution in [3.8, 4) is 0 Å². The second kappa shape index (κ2) is 6.28. The van der Waals surface area contributed by atoms with Crippen LogP contribution in [0, 0.1) is 5.92 Å². The van der Waals surface area contributed by atoms with Crippen LogP contribution in [0.5, 0.6) is 0 Å². The molecule has 1 N–H and O–H groups in total. The van der Waals surface area contributed by atoms with Gasteiger partial charge >= 0.3 is 0 Å². The lowest BCUT2D eigenvalue weighted by atomic mass is 9.91. The first kappa shape index (κ1) is 15.5. The summed E-state index contributed by atoms with van der Waals surface area (Å²) in [4.78, 5) is 0. The van der Waals surface area contributed by atoms with Crippen molar-refractivity contribution in [1.29, 1.82) is 0 Å². The minimum Gasteiger partial charge on any atom is -0.353 e.